The first-order valence-corrected chi connectivity index (χ1v) is 41.8. The van der Waals surface area contributed by atoms with E-state index in [1.807, 2.05) is 66.7 Å². The molecule has 7 unspecified atom stereocenters. The summed E-state index contributed by atoms with van der Waals surface area (Å²) in [6, 6.07) is 65.9. The average Bonchev–Trinajstić information content (AvgIpc) is 0.757. The molecule has 129 heavy (non-hydrogen) atoms. The fourth-order valence-electron chi connectivity index (χ4n) is 15.6. The summed E-state index contributed by atoms with van der Waals surface area (Å²) in [6.45, 7) is -0.755. The monoisotopic (exact) mass is 1780 g/mol. The van der Waals surface area contributed by atoms with E-state index in [1.165, 1.54) is 14.0 Å². The quantitative estimate of drug-likeness (QED) is 0.00928. The summed E-state index contributed by atoms with van der Waals surface area (Å²) in [5.41, 5.74) is 26.1. The van der Waals surface area contributed by atoms with Gasteiger partial charge in [0.1, 0.15) is 116 Å². The van der Waals surface area contributed by atoms with Crippen LogP contribution >= 0.6 is 0 Å². The summed E-state index contributed by atoms with van der Waals surface area (Å²) >= 11 is 0. The number of azide groups is 2. The summed E-state index contributed by atoms with van der Waals surface area (Å²) < 4.78 is 145. The Balaban J connectivity index is 0.885. The summed E-state index contributed by atoms with van der Waals surface area (Å²) in [6.07, 6.45) is -37.1. The van der Waals surface area contributed by atoms with Crippen molar-refractivity contribution in [2.75, 3.05) is 41.2 Å². The molecule has 36 heteroatoms. The molecule has 0 saturated carbocycles. The lowest BCUT2D eigenvalue weighted by molar-refractivity contribution is -0.384. The summed E-state index contributed by atoms with van der Waals surface area (Å²) in [7, 11) is 3.46. The maximum absolute atomic E-state index is 15.1. The van der Waals surface area contributed by atoms with E-state index in [0.29, 0.717) is 33.4 Å². The van der Waals surface area contributed by atoms with Gasteiger partial charge < -0.3 is 109 Å². The number of rotatable bonds is 41. The highest BCUT2D eigenvalue weighted by molar-refractivity contribution is 5.89. The Morgan fingerprint density at radius 1 is 0.349 bits per heavy atom. The second kappa shape index (κ2) is 48.2. The van der Waals surface area contributed by atoms with Crippen LogP contribution in [0.25, 0.3) is 25.9 Å². The third-order valence-corrected chi connectivity index (χ3v) is 21.9. The van der Waals surface area contributed by atoms with Gasteiger partial charge in [-0.1, -0.05) is 241 Å². The van der Waals surface area contributed by atoms with Gasteiger partial charge >= 0.3 is 35.9 Å². The van der Waals surface area contributed by atoms with Crippen LogP contribution in [0.4, 0.5) is 0 Å². The number of diazo groups is 1. The van der Waals surface area contributed by atoms with Gasteiger partial charge in [-0.2, -0.15) is 0 Å². The number of esters is 5. The second-order valence-electron chi connectivity index (χ2n) is 30.5. The van der Waals surface area contributed by atoms with Crippen molar-refractivity contribution in [1.82, 2.24) is 0 Å². The molecule has 1 N–H and O–H groups in total. The molecule has 8 aromatic carbocycles. The standard InChI is InChI=1S/C93H101N8O28/c1-56(102)111-53-66-73(124-92-84(118-51-63-40-24-11-25-41-63)79(117-50-62-38-22-10-23-39-62)81(83(128-92)88(107)109-4)127-91-71(99-101-96)77(115-48-60-34-18-8-19-35-60)74(67(123-91)54-112-57(2)103)113-46-58-30-14-6-15-31-58)72(104)69(98-100-95)90(122-66)126-80-78(116-49-61-36-20-9-21-37-61)85(119-52-64-42-26-12-27-43-64)93(129-82(80)87(106)108-3)125-75-68(55-120-86(105)65-44-28-13-29-45-65)121-89(110-5)70(97-94)76(75)114-47-59-32-16-7-17-33-59/h6-45,66-85,89-93,104H,46-55H2,1-5H3/q+1/t66?,67?,68?,69-,70-,71-,72+,73-,74-,75-,76-,77-,78+,79+,80+,81+,82?,83?,84-,85?,89?,90-,91-,92-,93-/m1/s1. The maximum atomic E-state index is 15.1. The van der Waals surface area contributed by atoms with E-state index in [-0.39, 0.29) is 51.8 Å². The molecule has 0 aliphatic carbocycles. The minimum absolute atomic E-state index is 0.0327. The van der Waals surface area contributed by atoms with Crippen LogP contribution in [-0.4, -0.2) is 229 Å². The maximum Gasteiger partial charge on any atom is 0.391 e. The number of benzene rings is 8. The number of hydrogen-bond acceptors (Lipinski definition) is 31. The minimum Gasteiger partial charge on any atom is -0.467 e. The van der Waals surface area contributed by atoms with Gasteiger partial charge in [0, 0.05) is 30.8 Å². The molecule has 5 fully saturated rings. The predicted molar refractivity (Wildman–Crippen MR) is 450 cm³/mol. The molecule has 8 aromatic rings. The lowest BCUT2D eigenvalue weighted by atomic mass is 9.93. The van der Waals surface area contributed by atoms with Crippen LogP contribution in [0.5, 0.6) is 0 Å². The minimum atomic E-state index is -2.18. The number of carbonyl (C=O) groups excluding carboxylic acids is 5. The fraction of sp³-hybridized carbons (Fsp3) is 0.430. The smallest absolute Gasteiger partial charge is 0.391 e. The van der Waals surface area contributed by atoms with Gasteiger partial charge in [0.05, 0.1) is 72.1 Å². The van der Waals surface area contributed by atoms with E-state index in [9.17, 15) is 35.9 Å². The van der Waals surface area contributed by atoms with E-state index in [1.54, 1.807) is 176 Å². The van der Waals surface area contributed by atoms with Gasteiger partial charge in [-0.15, -0.1) is 0 Å². The Morgan fingerprint density at radius 2 is 0.651 bits per heavy atom. The zero-order valence-corrected chi connectivity index (χ0v) is 71.1. The highest BCUT2D eigenvalue weighted by Crippen LogP contribution is 2.43. The van der Waals surface area contributed by atoms with Crippen LogP contribution in [0.2, 0.25) is 0 Å². The Bertz CT molecular complexity index is 4970. The third kappa shape index (κ3) is 25.5. The molecule has 13 rings (SSSR count). The molecule has 5 heterocycles. The normalized spacial score (nSPS) is 29.0. The Kier molecular flexibility index (Phi) is 35.5. The van der Waals surface area contributed by atoms with E-state index in [0.717, 1.165) is 26.7 Å². The lowest BCUT2D eigenvalue weighted by Gasteiger charge is -2.51. The van der Waals surface area contributed by atoms with Gasteiger partial charge in [-0.25, -0.2) is 14.4 Å². The highest BCUT2D eigenvalue weighted by atomic mass is 16.8. The summed E-state index contributed by atoms with van der Waals surface area (Å²) in [4.78, 5) is 80.4. The van der Waals surface area contributed by atoms with Crippen molar-refractivity contribution >= 4 is 29.8 Å². The van der Waals surface area contributed by atoms with Crippen molar-refractivity contribution in [2.45, 2.75) is 213 Å². The fourth-order valence-corrected chi connectivity index (χ4v) is 15.6. The number of ether oxygens (including phenoxy) is 22. The number of aliphatic hydroxyl groups is 1. The molecule has 25 atom stereocenters. The Morgan fingerprint density at radius 3 is 1.02 bits per heavy atom. The molecule has 5 aliphatic rings. The first kappa shape index (κ1) is 95.0. The molecule has 0 radical (unpaired) electrons. The SMILES string of the molecule is COC(=O)C1O[C@@H](O[C@@H]2C(COC(C)=O)O[C@H](O[C@@H]3C(C(=O)OC)O[C@@H](O[C@@H]4C(COC(=O)c5ccccc5)OC(OC)[C@H]([N+]#N)[C@H]4OCc4ccccc4)C(OCc4ccccc4)[C@H]3OCc3ccccc3)[C@H](N=[N+]=[N-])[C@@H]2O)[C@H](OCc2ccccc2)[C@@H](OCc2ccccc2)[C@@H]1O[C@H]1OC(COC(C)=O)[C@@H](OCc2ccccc2)[C@H](OCc2ccccc2)[C@H]1N=[N+]=[N-]. The van der Waals surface area contributed by atoms with E-state index in [2.05, 4.69) is 25.0 Å². The molecule has 0 amide bonds. The highest BCUT2D eigenvalue weighted by Gasteiger charge is 2.63. The third-order valence-electron chi connectivity index (χ3n) is 21.9. The topological polar surface area (TPSA) is 434 Å². The van der Waals surface area contributed by atoms with Crippen molar-refractivity contribution in [1.29, 1.82) is 5.39 Å². The van der Waals surface area contributed by atoms with Crippen LogP contribution in [0.1, 0.15) is 63.1 Å². The molecule has 0 aromatic heterocycles. The van der Waals surface area contributed by atoms with Crippen LogP contribution in [0.3, 0.4) is 0 Å². The number of nitrogens with zero attached hydrogens (tertiary/aromatic N) is 8. The first-order valence-electron chi connectivity index (χ1n) is 41.8. The van der Waals surface area contributed by atoms with Crippen LogP contribution in [-0.2, 0) is 170 Å². The first-order chi connectivity index (χ1) is 63.0. The molecular formula is C93H101N8O28+. The predicted octanol–water partition coefficient (Wildman–Crippen LogP) is 11.2. The Hall–Kier alpha value is -11.6. The lowest BCUT2D eigenvalue weighted by Crippen LogP contribution is -2.69. The molecular weight excluding hydrogens is 1680 g/mol. The van der Waals surface area contributed by atoms with Crippen molar-refractivity contribution in [2.24, 2.45) is 10.2 Å². The molecule has 5 saturated heterocycles. The van der Waals surface area contributed by atoms with Crippen molar-refractivity contribution in [3.05, 3.63) is 313 Å². The number of aliphatic hydroxyl groups excluding tert-OH is 1. The summed E-state index contributed by atoms with van der Waals surface area (Å²) in [5.74, 6) is -4.56. The van der Waals surface area contributed by atoms with Crippen molar-refractivity contribution in [3.63, 3.8) is 0 Å². The van der Waals surface area contributed by atoms with Crippen LogP contribution < -0.4 is 0 Å². The second-order valence-corrected chi connectivity index (χ2v) is 30.5. The van der Waals surface area contributed by atoms with E-state index in [4.69, 9.17) is 104 Å². The van der Waals surface area contributed by atoms with Crippen molar-refractivity contribution < 1.29 is 133 Å². The molecule has 0 bridgehead atoms. The number of hydrogen-bond donors (Lipinski definition) is 1. The van der Waals surface area contributed by atoms with Crippen molar-refractivity contribution in [3.8, 4) is 0 Å². The van der Waals surface area contributed by atoms with Gasteiger partial charge in [0.2, 0.25) is 11.7 Å². The Labute approximate surface area is 743 Å². The van der Waals surface area contributed by atoms with E-state index < -0.39 is 203 Å². The van der Waals surface area contributed by atoms with Gasteiger partial charge in [-0.05, 0) is 62.1 Å². The summed E-state index contributed by atoms with van der Waals surface area (Å²) in [5, 5.41) is 32.8. The average molecular weight is 1780 g/mol. The zero-order chi connectivity index (χ0) is 90.4. The largest absolute Gasteiger partial charge is 0.467 e. The molecule has 5 aliphatic heterocycles. The van der Waals surface area contributed by atoms with Crippen LogP contribution in [0.15, 0.2) is 253 Å². The van der Waals surface area contributed by atoms with Crippen LogP contribution in [0, 0.1) is 5.39 Å². The molecule has 36 nitrogen and oxygen atoms in total. The van der Waals surface area contributed by atoms with E-state index >= 15 is 9.59 Å². The van der Waals surface area contributed by atoms with Gasteiger partial charge in [0.25, 0.3) is 0 Å². The molecule has 680 valence electrons. The van der Waals surface area contributed by atoms with Gasteiger partial charge in [-0.3, -0.25) is 9.59 Å². The number of methoxy groups -OCH3 is 3. The van der Waals surface area contributed by atoms with Gasteiger partial charge in [0.15, 0.2) is 43.5 Å². The molecule has 0 spiro atoms. The zero-order valence-electron chi connectivity index (χ0n) is 71.1. The number of carbonyl (C=O) groups is 5.